The lowest BCUT2D eigenvalue weighted by Gasteiger charge is -2.16. The summed E-state index contributed by atoms with van der Waals surface area (Å²) >= 11 is 0. The van der Waals surface area contributed by atoms with E-state index in [4.69, 9.17) is 19.4 Å². The average molecular weight is 819 g/mol. The highest BCUT2D eigenvalue weighted by Crippen LogP contribution is 2.46. The highest BCUT2D eigenvalue weighted by atomic mass is 16.3. The molecule has 14 rings (SSSR count). The van der Waals surface area contributed by atoms with Gasteiger partial charge in [0.15, 0.2) is 11.6 Å². The number of furan rings is 1. The van der Waals surface area contributed by atoms with Gasteiger partial charge in [0.25, 0.3) is 0 Å². The maximum Gasteiger partial charge on any atom is 0.238 e. The fraction of sp³-hybridized carbons (Fsp3) is 0. The molecule has 0 saturated carbocycles. The number of hydrogen-bond acceptors (Lipinski definition) is 4. The third-order valence-corrected chi connectivity index (χ3v) is 12.9. The van der Waals surface area contributed by atoms with Gasteiger partial charge in [0, 0.05) is 59.9 Å². The van der Waals surface area contributed by atoms with Gasteiger partial charge in [-0.1, -0.05) is 146 Å². The largest absolute Gasteiger partial charge is 0.456 e. The van der Waals surface area contributed by atoms with Crippen molar-refractivity contribution in [2.75, 3.05) is 0 Å². The van der Waals surface area contributed by atoms with Crippen molar-refractivity contribution in [2.45, 2.75) is 0 Å². The van der Waals surface area contributed by atoms with Crippen LogP contribution in [-0.2, 0) is 0 Å². The number of nitrogens with zero attached hydrogens (tertiary/aromatic N) is 6. The predicted octanol–water partition coefficient (Wildman–Crippen LogP) is 14.4. The van der Waals surface area contributed by atoms with Crippen molar-refractivity contribution in [3.05, 3.63) is 206 Å². The molecule has 0 aliphatic heterocycles. The van der Waals surface area contributed by atoms with Crippen molar-refractivity contribution in [2.24, 2.45) is 0 Å². The van der Waals surface area contributed by atoms with E-state index in [0.717, 1.165) is 93.7 Å². The summed E-state index contributed by atoms with van der Waals surface area (Å²) in [6, 6.07) is 72.6. The van der Waals surface area contributed by atoms with Crippen LogP contribution in [0.3, 0.4) is 0 Å². The zero-order valence-corrected chi connectivity index (χ0v) is 34.2. The van der Waals surface area contributed by atoms with Gasteiger partial charge in [0.05, 0.1) is 38.8 Å². The SMILES string of the molecule is c1ccc(-c2nc(-c3ccc4c(c3)oc3ccccc34)nc(-n3c4ccccc4c4c3c(-n3c5ccccc5c5ccccc53)cc3c5ccccc5n(-c5ccccc5)c34)n2)cc1. The molecular weight excluding hydrogens is 785 g/mol. The molecule has 5 heterocycles. The molecule has 7 nitrogen and oxygen atoms in total. The van der Waals surface area contributed by atoms with E-state index in [1.165, 1.54) is 16.2 Å². The summed E-state index contributed by atoms with van der Waals surface area (Å²) in [5.74, 6) is 1.65. The minimum absolute atomic E-state index is 0.517. The number of rotatable bonds is 5. The van der Waals surface area contributed by atoms with Crippen LogP contribution in [0.2, 0.25) is 0 Å². The van der Waals surface area contributed by atoms with Gasteiger partial charge in [-0.25, -0.2) is 4.98 Å². The Morgan fingerprint density at radius 2 is 0.844 bits per heavy atom. The van der Waals surface area contributed by atoms with Gasteiger partial charge in [-0.2, -0.15) is 9.97 Å². The summed E-state index contributed by atoms with van der Waals surface area (Å²) < 4.78 is 13.5. The van der Waals surface area contributed by atoms with Crippen molar-refractivity contribution >= 4 is 87.4 Å². The van der Waals surface area contributed by atoms with Gasteiger partial charge in [-0.15, -0.1) is 0 Å². The number of benzene rings is 9. The molecule has 64 heavy (non-hydrogen) atoms. The van der Waals surface area contributed by atoms with Crippen LogP contribution in [0.4, 0.5) is 0 Å². The quantitative estimate of drug-likeness (QED) is 0.173. The second-order valence-electron chi connectivity index (χ2n) is 16.4. The van der Waals surface area contributed by atoms with Crippen molar-refractivity contribution in [3.63, 3.8) is 0 Å². The van der Waals surface area contributed by atoms with Crippen LogP contribution in [0.5, 0.6) is 0 Å². The van der Waals surface area contributed by atoms with E-state index in [2.05, 4.69) is 184 Å². The first-order valence-corrected chi connectivity index (χ1v) is 21.5. The third-order valence-electron chi connectivity index (χ3n) is 12.9. The van der Waals surface area contributed by atoms with Crippen molar-refractivity contribution in [3.8, 4) is 40.1 Å². The topological polar surface area (TPSA) is 66.6 Å². The molecule has 0 unspecified atom stereocenters. The Morgan fingerprint density at radius 3 is 1.53 bits per heavy atom. The van der Waals surface area contributed by atoms with Gasteiger partial charge in [0.1, 0.15) is 11.2 Å². The summed E-state index contributed by atoms with van der Waals surface area (Å²) in [5, 5.41) is 9.05. The Kier molecular flexibility index (Phi) is 7.27. The Balaban J connectivity index is 1.18. The molecule has 0 aliphatic carbocycles. The zero-order valence-electron chi connectivity index (χ0n) is 34.2. The lowest BCUT2D eigenvalue weighted by molar-refractivity contribution is 0.669. The summed E-state index contributed by atoms with van der Waals surface area (Å²) in [6.07, 6.45) is 0. The van der Waals surface area contributed by atoms with E-state index in [1.54, 1.807) is 0 Å². The monoisotopic (exact) mass is 818 g/mol. The highest BCUT2D eigenvalue weighted by Gasteiger charge is 2.27. The number of aromatic nitrogens is 6. The standard InChI is InChI=1S/C57H34N6O/c1-3-17-35(18-4-1)55-58-56(36-31-32-42-41-24-11-16-30-50(41)64-51(42)33-36)60-57(59-55)63-48-29-15-10-25-43(48)52-53-44(40-23-9-12-26-45(40)61(53)37-19-5-2-6-20-37)34-49(54(52)63)62-46-27-13-7-21-38(46)39-22-8-14-28-47(39)62/h1-34H. The van der Waals surface area contributed by atoms with E-state index >= 15 is 0 Å². The molecule has 0 N–H and O–H groups in total. The summed E-state index contributed by atoms with van der Waals surface area (Å²) in [4.78, 5) is 16.1. The minimum atomic E-state index is 0.517. The van der Waals surface area contributed by atoms with E-state index in [1.807, 2.05) is 36.4 Å². The molecule has 14 aromatic rings. The predicted molar refractivity (Wildman–Crippen MR) is 261 cm³/mol. The second kappa shape index (κ2) is 13.3. The first kappa shape index (κ1) is 34.9. The van der Waals surface area contributed by atoms with Crippen molar-refractivity contribution in [1.82, 2.24) is 28.7 Å². The molecule has 0 atom stereocenters. The van der Waals surface area contributed by atoms with E-state index in [-0.39, 0.29) is 0 Å². The van der Waals surface area contributed by atoms with Gasteiger partial charge in [0.2, 0.25) is 5.95 Å². The van der Waals surface area contributed by atoms with Crippen LogP contribution in [0.1, 0.15) is 0 Å². The first-order valence-electron chi connectivity index (χ1n) is 21.5. The Morgan fingerprint density at radius 1 is 0.328 bits per heavy atom. The van der Waals surface area contributed by atoms with Crippen LogP contribution in [0, 0.1) is 0 Å². The van der Waals surface area contributed by atoms with Crippen molar-refractivity contribution in [1.29, 1.82) is 0 Å². The Hall–Kier alpha value is -8.81. The molecule has 0 radical (unpaired) electrons. The maximum absolute atomic E-state index is 6.41. The molecule has 0 aliphatic rings. The van der Waals surface area contributed by atoms with E-state index in [9.17, 15) is 0 Å². The van der Waals surface area contributed by atoms with Crippen LogP contribution < -0.4 is 0 Å². The molecule has 0 saturated heterocycles. The summed E-state index contributed by atoms with van der Waals surface area (Å²) in [6.45, 7) is 0. The van der Waals surface area contributed by atoms with Gasteiger partial charge in [-0.05, 0) is 60.7 Å². The number of hydrogen-bond donors (Lipinski definition) is 0. The second-order valence-corrected chi connectivity index (χ2v) is 16.4. The lowest BCUT2D eigenvalue weighted by Crippen LogP contribution is -2.08. The van der Waals surface area contributed by atoms with Crippen LogP contribution >= 0.6 is 0 Å². The minimum Gasteiger partial charge on any atom is -0.456 e. The normalized spacial score (nSPS) is 12.1. The van der Waals surface area contributed by atoms with Crippen LogP contribution in [-0.4, -0.2) is 28.7 Å². The average Bonchev–Trinajstić information content (AvgIpc) is 4.10. The smallest absolute Gasteiger partial charge is 0.238 e. The van der Waals surface area contributed by atoms with E-state index < -0.39 is 0 Å². The molecule has 9 aromatic carbocycles. The molecule has 0 fully saturated rings. The summed E-state index contributed by atoms with van der Waals surface area (Å²) in [5.41, 5.74) is 11.9. The molecule has 0 spiro atoms. The number of para-hydroxylation sites is 6. The van der Waals surface area contributed by atoms with Gasteiger partial charge >= 0.3 is 0 Å². The maximum atomic E-state index is 6.41. The first-order chi connectivity index (χ1) is 31.8. The van der Waals surface area contributed by atoms with Crippen molar-refractivity contribution < 1.29 is 4.42 Å². The molecule has 0 bridgehead atoms. The van der Waals surface area contributed by atoms with Gasteiger partial charge in [-0.3, -0.25) is 4.57 Å². The molecule has 0 amide bonds. The fourth-order valence-corrected chi connectivity index (χ4v) is 10.2. The Bertz CT molecular complexity index is 4140. The fourth-order valence-electron chi connectivity index (χ4n) is 10.2. The Labute approximate surface area is 365 Å². The van der Waals surface area contributed by atoms with Crippen LogP contribution in [0.25, 0.3) is 127 Å². The molecular formula is C57H34N6O. The molecule has 7 heteroatoms. The molecule has 5 aromatic heterocycles. The third kappa shape index (κ3) is 4.94. The lowest BCUT2D eigenvalue weighted by atomic mass is 10.1. The zero-order chi connectivity index (χ0) is 41.9. The van der Waals surface area contributed by atoms with Gasteiger partial charge < -0.3 is 13.6 Å². The van der Waals surface area contributed by atoms with E-state index in [0.29, 0.717) is 17.6 Å². The number of fused-ring (bicyclic) bond motifs is 13. The summed E-state index contributed by atoms with van der Waals surface area (Å²) in [7, 11) is 0. The molecule has 298 valence electrons. The van der Waals surface area contributed by atoms with Crippen LogP contribution in [0.15, 0.2) is 211 Å². The highest BCUT2D eigenvalue weighted by molar-refractivity contribution is 6.28.